The molecule has 0 fully saturated rings. The number of hydrogen-bond donors (Lipinski definition) is 0. The van der Waals surface area contributed by atoms with E-state index in [-0.39, 0.29) is 0 Å². The van der Waals surface area contributed by atoms with E-state index in [0.29, 0.717) is 17.5 Å². The summed E-state index contributed by atoms with van der Waals surface area (Å²) in [7, 11) is 0. The second kappa shape index (κ2) is 9.32. The maximum atomic E-state index is 4.90. The average molecular weight is 554 g/mol. The van der Waals surface area contributed by atoms with E-state index in [1.165, 1.54) is 0 Å². The Morgan fingerprint density at radius 3 is 1.84 bits per heavy atom. The molecule has 5 nitrogen and oxygen atoms in total. The lowest BCUT2D eigenvalue weighted by Crippen LogP contribution is -2.01. The minimum absolute atomic E-state index is 0.621. The molecule has 6 heteroatoms. The molecule has 0 radical (unpaired) electrons. The van der Waals surface area contributed by atoms with Crippen molar-refractivity contribution in [3.05, 3.63) is 126 Å². The fraction of sp³-hybridized carbons (Fsp3) is 0. The van der Waals surface area contributed by atoms with Crippen LogP contribution < -0.4 is 0 Å². The van der Waals surface area contributed by atoms with E-state index in [4.69, 9.17) is 19.9 Å². The summed E-state index contributed by atoms with van der Waals surface area (Å²) in [6.45, 7) is 0. The SMILES string of the molecule is Brc1ccc2c(c1)c1cccnc1n2-c1cccc(-c2nc(-c3ccccc3)nc(-c3ccccc3)n2)c1. The number of fused-ring (bicyclic) bond motifs is 3. The lowest BCUT2D eigenvalue weighted by Gasteiger charge is -2.11. The third-order valence-electron chi connectivity index (χ3n) is 6.55. The van der Waals surface area contributed by atoms with E-state index in [9.17, 15) is 0 Å². The third-order valence-corrected chi connectivity index (χ3v) is 7.04. The highest BCUT2D eigenvalue weighted by Gasteiger charge is 2.16. The van der Waals surface area contributed by atoms with Gasteiger partial charge in [0.05, 0.1) is 5.52 Å². The quantitative estimate of drug-likeness (QED) is 0.221. The second-order valence-electron chi connectivity index (χ2n) is 8.96. The first-order valence-electron chi connectivity index (χ1n) is 12.3. The Labute approximate surface area is 227 Å². The van der Waals surface area contributed by atoms with Gasteiger partial charge in [-0.1, -0.05) is 88.7 Å². The number of aromatic nitrogens is 5. The maximum absolute atomic E-state index is 4.90. The molecule has 0 saturated heterocycles. The van der Waals surface area contributed by atoms with E-state index >= 15 is 0 Å². The van der Waals surface area contributed by atoms with E-state index in [1.807, 2.05) is 85.1 Å². The second-order valence-corrected chi connectivity index (χ2v) is 9.88. The van der Waals surface area contributed by atoms with Crippen molar-refractivity contribution in [1.29, 1.82) is 0 Å². The normalized spacial score (nSPS) is 11.3. The fourth-order valence-electron chi connectivity index (χ4n) is 4.80. The molecule has 38 heavy (non-hydrogen) atoms. The fourth-order valence-corrected chi connectivity index (χ4v) is 5.16. The molecular weight excluding hydrogens is 534 g/mol. The lowest BCUT2D eigenvalue weighted by atomic mass is 10.1. The lowest BCUT2D eigenvalue weighted by molar-refractivity contribution is 1.07. The predicted molar refractivity (Wildman–Crippen MR) is 156 cm³/mol. The Morgan fingerprint density at radius 1 is 0.526 bits per heavy atom. The Morgan fingerprint density at radius 2 is 1.16 bits per heavy atom. The van der Waals surface area contributed by atoms with Crippen LogP contribution in [-0.4, -0.2) is 24.5 Å². The topological polar surface area (TPSA) is 56.5 Å². The molecule has 0 amide bonds. The van der Waals surface area contributed by atoms with Gasteiger partial charge in [0.2, 0.25) is 0 Å². The van der Waals surface area contributed by atoms with E-state index < -0.39 is 0 Å². The molecule has 0 aliphatic rings. The van der Waals surface area contributed by atoms with E-state index in [2.05, 4.69) is 56.9 Å². The van der Waals surface area contributed by atoms with Crippen LogP contribution in [0, 0.1) is 0 Å². The summed E-state index contributed by atoms with van der Waals surface area (Å²) in [4.78, 5) is 19.4. The number of benzene rings is 4. The van der Waals surface area contributed by atoms with Crippen molar-refractivity contribution in [3.63, 3.8) is 0 Å². The van der Waals surface area contributed by atoms with Crippen LogP contribution in [0.3, 0.4) is 0 Å². The van der Waals surface area contributed by atoms with Gasteiger partial charge in [-0.3, -0.25) is 4.57 Å². The van der Waals surface area contributed by atoms with Gasteiger partial charge < -0.3 is 0 Å². The van der Waals surface area contributed by atoms with Crippen LogP contribution in [-0.2, 0) is 0 Å². The third kappa shape index (κ3) is 3.96. The minimum atomic E-state index is 0.621. The first-order valence-corrected chi connectivity index (χ1v) is 13.1. The van der Waals surface area contributed by atoms with Crippen LogP contribution in [0.15, 0.2) is 126 Å². The first-order chi connectivity index (χ1) is 18.7. The zero-order chi connectivity index (χ0) is 25.5. The van der Waals surface area contributed by atoms with Crippen LogP contribution in [0.5, 0.6) is 0 Å². The largest absolute Gasteiger partial charge is 0.294 e. The summed E-state index contributed by atoms with van der Waals surface area (Å²) in [6, 6.07) is 38.8. The van der Waals surface area contributed by atoms with Crippen molar-refractivity contribution in [2.75, 3.05) is 0 Å². The minimum Gasteiger partial charge on any atom is -0.294 e. The van der Waals surface area contributed by atoms with Crippen LogP contribution in [0.2, 0.25) is 0 Å². The highest BCUT2D eigenvalue weighted by Crippen LogP contribution is 2.34. The van der Waals surface area contributed by atoms with Gasteiger partial charge in [-0.15, -0.1) is 0 Å². The molecule has 180 valence electrons. The Hall–Kier alpha value is -4.68. The van der Waals surface area contributed by atoms with Gasteiger partial charge in [0.15, 0.2) is 17.5 Å². The number of rotatable bonds is 4. The summed E-state index contributed by atoms with van der Waals surface area (Å²) in [5, 5.41) is 2.25. The van der Waals surface area contributed by atoms with Gasteiger partial charge in [-0.25, -0.2) is 19.9 Å². The standard InChI is InChI=1S/C32H20BrN5/c33-24-16-17-28-27(20-24)26-15-8-18-34-32(26)38(28)25-14-7-13-23(19-25)31-36-29(21-9-3-1-4-10-21)35-30(37-31)22-11-5-2-6-12-22/h1-20H. The number of halogens is 1. The van der Waals surface area contributed by atoms with Gasteiger partial charge in [-0.05, 0) is 42.5 Å². The molecule has 0 N–H and O–H groups in total. The van der Waals surface area contributed by atoms with Crippen molar-refractivity contribution >= 4 is 37.9 Å². The zero-order valence-corrected chi connectivity index (χ0v) is 21.7. The van der Waals surface area contributed by atoms with Gasteiger partial charge in [0.25, 0.3) is 0 Å². The molecule has 0 bridgehead atoms. The van der Waals surface area contributed by atoms with Gasteiger partial charge in [0, 0.05) is 43.8 Å². The molecule has 0 atom stereocenters. The molecule has 4 aromatic carbocycles. The van der Waals surface area contributed by atoms with Crippen molar-refractivity contribution in [2.45, 2.75) is 0 Å². The van der Waals surface area contributed by atoms with Gasteiger partial charge in [0.1, 0.15) is 5.65 Å². The summed E-state index contributed by atoms with van der Waals surface area (Å²) >= 11 is 3.63. The molecule has 7 rings (SSSR count). The predicted octanol–water partition coefficient (Wildman–Crippen LogP) is 8.13. The Bertz CT molecular complexity index is 1870. The molecule has 3 aromatic heterocycles. The van der Waals surface area contributed by atoms with Crippen LogP contribution in [0.4, 0.5) is 0 Å². The molecule has 0 unspecified atom stereocenters. The zero-order valence-electron chi connectivity index (χ0n) is 20.2. The van der Waals surface area contributed by atoms with Crippen molar-refractivity contribution < 1.29 is 0 Å². The summed E-state index contributed by atoms with van der Waals surface area (Å²) < 4.78 is 3.23. The van der Waals surface area contributed by atoms with Crippen LogP contribution >= 0.6 is 15.9 Å². The summed E-state index contributed by atoms with van der Waals surface area (Å²) in [5.41, 5.74) is 5.78. The highest BCUT2D eigenvalue weighted by atomic mass is 79.9. The van der Waals surface area contributed by atoms with Gasteiger partial charge >= 0.3 is 0 Å². The first kappa shape index (κ1) is 22.5. The van der Waals surface area contributed by atoms with E-state index in [0.717, 1.165) is 48.8 Å². The molecule has 0 spiro atoms. The smallest absolute Gasteiger partial charge is 0.164 e. The summed E-state index contributed by atoms with van der Waals surface area (Å²) in [6.07, 6.45) is 1.83. The monoisotopic (exact) mass is 553 g/mol. The molecular formula is C32H20BrN5. The number of pyridine rings is 1. The van der Waals surface area contributed by atoms with Crippen LogP contribution in [0.25, 0.3) is 61.8 Å². The summed E-state index contributed by atoms with van der Waals surface area (Å²) in [5.74, 6) is 1.91. The molecule has 0 saturated carbocycles. The highest BCUT2D eigenvalue weighted by molar-refractivity contribution is 9.10. The number of hydrogen-bond acceptors (Lipinski definition) is 4. The van der Waals surface area contributed by atoms with Crippen LogP contribution in [0.1, 0.15) is 0 Å². The maximum Gasteiger partial charge on any atom is 0.164 e. The molecule has 7 aromatic rings. The van der Waals surface area contributed by atoms with E-state index in [1.54, 1.807) is 0 Å². The average Bonchev–Trinajstić information content (AvgIpc) is 3.31. The van der Waals surface area contributed by atoms with Crippen molar-refractivity contribution in [3.8, 4) is 39.9 Å². The molecule has 0 aliphatic heterocycles. The van der Waals surface area contributed by atoms with Crippen molar-refractivity contribution in [2.24, 2.45) is 0 Å². The Balaban J connectivity index is 1.44. The molecule has 3 heterocycles. The Kier molecular flexibility index (Phi) is 5.52. The number of nitrogens with zero attached hydrogens (tertiary/aromatic N) is 5. The molecule has 0 aliphatic carbocycles. The van der Waals surface area contributed by atoms with Gasteiger partial charge in [-0.2, -0.15) is 0 Å². The van der Waals surface area contributed by atoms with Crippen molar-refractivity contribution in [1.82, 2.24) is 24.5 Å².